The molecule has 7 nitrogen and oxygen atoms in total. The van der Waals surface area contributed by atoms with Crippen molar-refractivity contribution in [1.82, 2.24) is 0 Å². The maximum atomic E-state index is 12.8. The van der Waals surface area contributed by atoms with Crippen molar-refractivity contribution in [2.24, 2.45) is 0 Å². The van der Waals surface area contributed by atoms with Crippen LogP contribution in [0.3, 0.4) is 0 Å². The summed E-state index contributed by atoms with van der Waals surface area (Å²) in [4.78, 5) is 0. The van der Waals surface area contributed by atoms with Crippen LogP contribution < -0.4 is 4.74 Å². The summed E-state index contributed by atoms with van der Waals surface area (Å²) in [5.74, 6) is -1.91. The minimum absolute atomic E-state index is 0.0425. The Kier molecular flexibility index (Phi) is 11.4. The number of alkyl halides is 3. The van der Waals surface area contributed by atoms with Gasteiger partial charge < -0.3 is 33.5 Å². The van der Waals surface area contributed by atoms with E-state index < -0.39 is 42.2 Å². The van der Waals surface area contributed by atoms with Crippen LogP contribution in [0.4, 0.5) is 13.2 Å². The first-order chi connectivity index (χ1) is 26.0. The number of hydrogen-bond donors (Lipinski definition) is 1. The molecule has 0 spiro atoms. The summed E-state index contributed by atoms with van der Waals surface area (Å²) >= 11 is 6.76. The third-order valence-electron chi connectivity index (χ3n) is 9.84. The van der Waals surface area contributed by atoms with Gasteiger partial charge in [-0.2, -0.15) is 0 Å². The van der Waals surface area contributed by atoms with Crippen LogP contribution in [0.15, 0.2) is 133 Å². The highest BCUT2D eigenvalue weighted by atomic mass is 35.5. The van der Waals surface area contributed by atoms with E-state index in [1.165, 1.54) is 12.1 Å². The Morgan fingerprint density at radius 1 is 0.722 bits per heavy atom. The predicted molar refractivity (Wildman–Crippen MR) is 196 cm³/mol. The van der Waals surface area contributed by atoms with Gasteiger partial charge in [0, 0.05) is 10.6 Å². The summed E-state index contributed by atoms with van der Waals surface area (Å²) in [5, 5.41) is 12.0. The summed E-state index contributed by atoms with van der Waals surface area (Å²) in [7, 11) is 0. The van der Waals surface area contributed by atoms with E-state index in [0.717, 1.165) is 16.7 Å². The van der Waals surface area contributed by atoms with E-state index in [-0.39, 0.29) is 38.6 Å². The molecule has 0 radical (unpaired) electrons. The Morgan fingerprint density at radius 2 is 1.26 bits per heavy atom. The SMILES string of the molecule is CC(O)[C@@]12CO[C@@](c3ccc(Cl)c(Cc4ccc(OC(F)(F)F)cc4)c3)(O1)[C@H](OCc1ccccc1)[C@@H](OCc1ccccc1)[C@H]2OCc1ccccc1. The first-order valence-electron chi connectivity index (χ1n) is 17.7. The first kappa shape index (κ1) is 38.0. The molecule has 1 N–H and O–H groups in total. The van der Waals surface area contributed by atoms with Gasteiger partial charge in [0.25, 0.3) is 0 Å². The van der Waals surface area contributed by atoms with Crippen LogP contribution in [0.5, 0.6) is 5.75 Å². The number of halogens is 4. The van der Waals surface area contributed by atoms with Gasteiger partial charge in [-0.05, 0) is 65.4 Å². The Balaban J connectivity index is 1.29. The average Bonchev–Trinajstić information content (AvgIpc) is 3.54. The van der Waals surface area contributed by atoms with Crippen LogP contribution >= 0.6 is 11.6 Å². The van der Waals surface area contributed by atoms with Gasteiger partial charge in [-0.3, -0.25) is 0 Å². The second-order valence-corrected chi connectivity index (χ2v) is 14.0. The second-order valence-electron chi connectivity index (χ2n) is 13.6. The molecule has 0 saturated carbocycles. The molecular weight excluding hydrogens is 721 g/mol. The van der Waals surface area contributed by atoms with Gasteiger partial charge in [0.05, 0.1) is 32.5 Å². The lowest BCUT2D eigenvalue weighted by molar-refractivity contribution is -0.359. The lowest BCUT2D eigenvalue weighted by Crippen LogP contribution is -2.69. The van der Waals surface area contributed by atoms with Crippen molar-refractivity contribution in [3.63, 3.8) is 0 Å². The minimum Gasteiger partial charge on any atom is -0.406 e. The number of aliphatic hydroxyl groups excluding tert-OH is 1. The highest BCUT2D eigenvalue weighted by molar-refractivity contribution is 6.31. The fraction of sp³-hybridized carbons (Fsp3) is 0.302. The van der Waals surface area contributed by atoms with Crippen molar-refractivity contribution in [1.29, 1.82) is 0 Å². The topological polar surface area (TPSA) is 75.6 Å². The molecule has 54 heavy (non-hydrogen) atoms. The lowest BCUT2D eigenvalue weighted by Gasteiger charge is -2.52. The number of rotatable bonds is 14. The molecule has 5 aromatic carbocycles. The summed E-state index contributed by atoms with van der Waals surface area (Å²) in [6, 6.07) is 40.2. The molecule has 2 heterocycles. The van der Waals surface area contributed by atoms with Crippen LogP contribution in [-0.2, 0) is 55.7 Å². The third-order valence-corrected chi connectivity index (χ3v) is 10.2. The molecule has 5 aromatic rings. The van der Waals surface area contributed by atoms with Crippen LogP contribution in [0, 0.1) is 0 Å². The van der Waals surface area contributed by atoms with E-state index in [9.17, 15) is 18.3 Å². The lowest BCUT2D eigenvalue weighted by atomic mass is 9.80. The molecule has 2 aliphatic rings. The second kappa shape index (κ2) is 16.2. The smallest absolute Gasteiger partial charge is 0.406 e. The van der Waals surface area contributed by atoms with E-state index in [1.807, 2.05) is 97.1 Å². The fourth-order valence-corrected chi connectivity index (χ4v) is 7.29. The zero-order chi connectivity index (χ0) is 37.8. The summed E-state index contributed by atoms with van der Waals surface area (Å²) in [5.41, 5.74) is 3.33. The van der Waals surface area contributed by atoms with E-state index in [2.05, 4.69) is 4.74 Å². The molecule has 282 valence electrons. The summed E-state index contributed by atoms with van der Waals surface area (Å²) < 4.78 is 76.6. The van der Waals surface area contributed by atoms with Gasteiger partial charge in [-0.15, -0.1) is 13.2 Å². The molecule has 2 bridgehead atoms. The average molecular weight is 761 g/mol. The molecule has 1 unspecified atom stereocenters. The molecular formula is C43H40ClF3O7. The largest absolute Gasteiger partial charge is 0.573 e. The van der Waals surface area contributed by atoms with Gasteiger partial charge >= 0.3 is 6.36 Å². The Bertz CT molecular complexity index is 1970. The quantitative estimate of drug-likeness (QED) is 0.121. The van der Waals surface area contributed by atoms with Crippen molar-refractivity contribution in [2.45, 2.75) is 75.3 Å². The molecule has 2 aliphatic heterocycles. The van der Waals surface area contributed by atoms with Crippen LogP contribution in [-0.4, -0.2) is 48.1 Å². The van der Waals surface area contributed by atoms with Crippen molar-refractivity contribution < 1.29 is 46.7 Å². The number of hydrogen-bond acceptors (Lipinski definition) is 7. The number of aliphatic hydroxyl groups is 1. The van der Waals surface area contributed by atoms with Gasteiger partial charge in [0.2, 0.25) is 5.79 Å². The molecule has 2 saturated heterocycles. The first-order valence-corrected chi connectivity index (χ1v) is 18.0. The number of benzene rings is 5. The van der Waals surface area contributed by atoms with E-state index >= 15 is 0 Å². The zero-order valence-corrected chi connectivity index (χ0v) is 30.2. The molecule has 11 heteroatoms. The number of ether oxygens (including phenoxy) is 6. The highest BCUT2D eigenvalue weighted by Gasteiger charge is 2.71. The molecule has 7 rings (SSSR count). The maximum Gasteiger partial charge on any atom is 0.573 e. The van der Waals surface area contributed by atoms with E-state index in [4.69, 9.17) is 35.3 Å². The van der Waals surface area contributed by atoms with Crippen LogP contribution in [0.2, 0.25) is 5.02 Å². The molecule has 0 amide bonds. The maximum absolute atomic E-state index is 12.8. The van der Waals surface area contributed by atoms with Crippen molar-refractivity contribution in [3.05, 3.63) is 172 Å². The molecule has 0 aliphatic carbocycles. The minimum atomic E-state index is -4.80. The summed E-state index contributed by atoms with van der Waals surface area (Å²) in [6.45, 7) is 2.22. The van der Waals surface area contributed by atoms with Crippen LogP contribution in [0.1, 0.15) is 40.3 Å². The Labute approximate surface area is 317 Å². The standard InChI is InChI=1S/C43H40ClF3O7/c1-29(48)41-28-52-42(54-41,35-19-22-37(44)34(24-35)23-30-17-20-36(21-18-30)53-43(45,46)47)40(51-27-33-15-9-4-10-16-33)38(49-25-31-11-5-2-6-12-31)39(41)50-26-32-13-7-3-8-14-32/h2-22,24,29,38-40,48H,23,25-28H2,1H3/t29?,38-,39+,40+,41+,42-/m0/s1. The van der Waals surface area contributed by atoms with E-state index in [0.29, 0.717) is 21.7 Å². The third kappa shape index (κ3) is 8.35. The van der Waals surface area contributed by atoms with Crippen molar-refractivity contribution >= 4 is 11.6 Å². The molecule has 6 atom stereocenters. The van der Waals surface area contributed by atoms with E-state index in [1.54, 1.807) is 31.2 Å². The van der Waals surface area contributed by atoms with Crippen molar-refractivity contribution in [2.75, 3.05) is 6.61 Å². The fourth-order valence-electron chi connectivity index (χ4n) is 7.10. The predicted octanol–water partition coefficient (Wildman–Crippen LogP) is 8.92. The Hall–Kier alpha value is -4.26. The van der Waals surface area contributed by atoms with Crippen LogP contribution in [0.25, 0.3) is 0 Å². The van der Waals surface area contributed by atoms with Gasteiger partial charge in [-0.25, -0.2) is 0 Å². The van der Waals surface area contributed by atoms with Crippen molar-refractivity contribution in [3.8, 4) is 5.75 Å². The molecule has 2 fully saturated rings. The van der Waals surface area contributed by atoms with Gasteiger partial charge in [0.1, 0.15) is 29.7 Å². The normalized spacial score (nSPS) is 24.3. The summed E-state index contributed by atoms with van der Waals surface area (Å²) in [6.07, 6.45) is -8.17. The molecule has 0 aromatic heterocycles. The highest BCUT2D eigenvalue weighted by Crippen LogP contribution is 2.54. The zero-order valence-electron chi connectivity index (χ0n) is 29.5. The monoisotopic (exact) mass is 760 g/mol. The van der Waals surface area contributed by atoms with Gasteiger partial charge in [-0.1, -0.05) is 121 Å². The van der Waals surface area contributed by atoms with Gasteiger partial charge in [0.15, 0.2) is 0 Å². The number of fused-ring (bicyclic) bond motifs is 2. The Morgan fingerprint density at radius 3 is 1.80 bits per heavy atom.